The molecule has 0 spiro atoms. The molecule has 1 amide bonds. The smallest absolute Gasteiger partial charge is 0.246 e. The molecule has 0 unspecified atom stereocenters. The quantitative estimate of drug-likeness (QED) is 0.712. The Morgan fingerprint density at radius 3 is 2.67 bits per heavy atom. The fourth-order valence-electron chi connectivity index (χ4n) is 0.933. The Morgan fingerprint density at radius 1 is 1.47 bits per heavy atom. The van der Waals surface area contributed by atoms with Crippen LogP contribution in [0.2, 0.25) is 5.02 Å². The number of hydrogen-bond donors (Lipinski definition) is 0. The standard InChI is InChI=1S/C11H11ClFNO/c1-14(2)11(15)6-4-8-3-5-10(13)9(12)7-8/h3-7H,1-2H3. The number of carbonyl (C=O) groups is 1. The minimum atomic E-state index is -0.465. The van der Waals surface area contributed by atoms with E-state index >= 15 is 0 Å². The summed E-state index contributed by atoms with van der Waals surface area (Å²) in [6, 6.07) is 4.29. The fourth-order valence-corrected chi connectivity index (χ4v) is 1.12. The van der Waals surface area contributed by atoms with Gasteiger partial charge in [0.05, 0.1) is 5.02 Å². The summed E-state index contributed by atoms with van der Waals surface area (Å²) < 4.78 is 12.8. The lowest BCUT2D eigenvalue weighted by Crippen LogP contribution is -2.18. The molecule has 0 aliphatic heterocycles. The SMILES string of the molecule is CN(C)C(=O)C=Cc1ccc(F)c(Cl)c1. The first kappa shape index (κ1) is 11.7. The van der Waals surface area contributed by atoms with Gasteiger partial charge in [0.25, 0.3) is 0 Å². The number of carbonyl (C=O) groups excluding carboxylic acids is 1. The fraction of sp³-hybridized carbons (Fsp3) is 0.182. The first-order valence-electron chi connectivity index (χ1n) is 4.35. The van der Waals surface area contributed by atoms with Crippen LogP contribution < -0.4 is 0 Å². The Balaban J connectivity index is 2.81. The number of nitrogens with zero attached hydrogens (tertiary/aromatic N) is 1. The molecule has 0 saturated heterocycles. The largest absolute Gasteiger partial charge is 0.345 e. The highest BCUT2D eigenvalue weighted by atomic mass is 35.5. The van der Waals surface area contributed by atoms with Crippen molar-refractivity contribution in [3.05, 3.63) is 40.7 Å². The molecular weight excluding hydrogens is 217 g/mol. The maximum Gasteiger partial charge on any atom is 0.246 e. The second-order valence-electron chi connectivity index (χ2n) is 3.24. The zero-order valence-corrected chi connectivity index (χ0v) is 9.25. The predicted molar refractivity (Wildman–Crippen MR) is 59.1 cm³/mol. The summed E-state index contributed by atoms with van der Waals surface area (Å²) in [7, 11) is 3.31. The minimum absolute atomic E-state index is 0.0504. The highest BCUT2D eigenvalue weighted by molar-refractivity contribution is 6.30. The highest BCUT2D eigenvalue weighted by Gasteiger charge is 2.00. The molecule has 1 rings (SSSR count). The molecule has 0 heterocycles. The molecule has 0 atom stereocenters. The molecule has 0 radical (unpaired) electrons. The first-order chi connectivity index (χ1) is 7.00. The zero-order valence-electron chi connectivity index (χ0n) is 8.50. The van der Waals surface area contributed by atoms with E-state index in [2.05, 4.69) is 0 Å². The van der Waals surface area contributed by atoms with Crippen LogP contribution in [0.4, 0.5) is 4.39 Å². The molecule has 0 aliphatic rings. The summed E-state index contributed by atoms with van der Waals surface area (Å²) in [5.41, 5.74) is 0.691. The molecule has 4 heteroatoms. The van der Waals surface area contributed by atoms with E-state index in [4.69, 9.17) is 11.6 Å². The van der Waals surface area contributed by atoms with Gasteiger partial charge in [0.2, 0.25) is 5.91 Å². The lowest BCUT2D eigenvalue weighted by molar-refractivity contribution is -0.123. The number of benzene rings is 1. The van der Waals surface area contributed by atoms with Crippen LogP contribution in [-0.2, 0) is 4.79 Å². The molecule has 1 aromatic rings. The maximum atomic E-state index is 12.8. The van der Waals surface area contributed by atoms with Gasteiger partial charge in [-0.25, -0.2) is 4.39 Å². The molecular formula is C11H11ClFNO. The van der Waals surface area contributed by atoms with E-state index in [0.717, 1.165) is 0 Å². The number of rotatable bonds is 2. The van der Waals surface area contributed by atoms with Gasteiger partial charge in [-0.1, -0.05) is 17.7 Å². The van der Waals surface area contributed by atoms with Crippen molar-refractivity contribution >= 4 is 23.6 Å². The Kier molecular flexibility index (Phi) is 3.86. The van der Waals surface area contributed by atoms with E-state index in [0.29, 0.717) is 5.56 Å². The van der Waals surface area contributed by atoms with E-state index in [1.165, 1.54) is 23.1 Å². The summed E-state index contributed by atoms with van der Waals surface area (Å²) in [4.78, 5) is 12.6. The van der Waals surface area contributed by atoms with Gasteiger partial charge in [-0.2, -0.15) is 0 Å². The molecule has 0 saturated carbocycles. The molecule has 0 aromatic heterocycles. The van der Waals surface area contributed by atoms with E-state index in [1.807, 2.05) is 0 Å². The van der Waals surface area contributed by atoms with Crippen molar-refractivity contribution in [2.45, 2.75) is 0 Å². The lowest BCUT2D eigenvalue weighted by Gasteiger charge is -2.05. The number of likely N-dealkylation sites (N-methyl/N-ethyl adjacent to an activating group) is 1. The molecule has 0 aliphatic carbocycles. The normalized spacial score (nSPS) is 10.7. The van der Waals surface area contributed by atoms with Gasteiger partial charge in [-0.15, -0.1) is 0 Å². The van der Waals surface area contributed by atoms with Crippen molar-refractivity contribution < 1.29 is 9.18 Å². The van der Waals surface area contributed by atoms with Crippen LogP contribution in [0.5, 0.6) is 0 Å². The zero-order chi connectivity index (χ0) is 11.4. The average Bonchev–Trinajstić information content (AvgIpc) is 2.19. The Hall–Kier alpha value is -1.35. The molecule has 80 valence electrons. The second kappa shape index (κ2) is 4.94. The van der Waals surface area contributed by atoms with Crippen molar-refractivity contribution in [1.29, 1.82) is 0 Å². The van der Waals surface area contributed by atoms with Gasteiger partial charge in [-0.05, 0) is 23.8 Å². The van der Waals surface area contributed by atoms with E-state index in [9.17, 15) is 9.18 Å². The van der Waals surface area contributed by atoms with Crippen LogP contribution in [0.15, 0.2) is 24.3 Å². The van der Waals surface area contributed by atoms with Gasteiger partial charge < -0.3 is 4.90 Å². The summed E-state index contributed by atoms with van der Waals surface area (Å²) >= 11 is 5.59. The molecule has 0 fully saturated rings. The van der Waals surface area contributed by atoms with Crippen LogP contribution in [-0.4, -0.2) is 24.9 Å². The molecule has 15 heavy (non-hydrogen) atoms. The average molecular weight is 228 g/mol. The third-order valence-electron chi connectivity index (χ3n) is 1.80. The Labute approximate surface area is 93.0 Å². The van der Waals surface area contributed by atoms with Crippen LogP contribution in [0.25, 0.3) is 6.08 Å². The van der Waals surface area contributed by atoms with Gasteiger partial charge in [-0.3, -0.25) is 4.79 Å². The van der Waals surface area contributed by atoms with Crippen molar-refractivity contribution in [1.82, 2.24) is 4.90 Å². The molecule has 1 aromatic carbocycles. The van der Waals surface area contributed by atoms with Crippen molar-refractivity contribution in [2.75, 3.05) is 14.1 Å². The van der Waals surface area contributed by atoms with Crippen molar-refractivity contribution in [2.24, 2.45) is 0 Å². The van der Waals surface area contributed by atoms with Crippen LogP contribution in [0, 0.1) is 5.82 Å². The Morgan fingerprint density at radius 2 is 2.13 bits per heavy atom. The predicted octanol–water partition coefficient (Wildman–Crippen LogP) is 2.58. The summed E-state index contributed by atoms with van der Waals surface area (Å²) in [6.07, 6.45) is 3.00. The third kappa shape index (κ3) is 3.36. The summed E-state index contributed by atoms with van der Waals surface area (Å²) in [5, 5.41) is 0.0504. The maximum absolute atomic E-state index is 12.8. The van der Waals surface area contributed by atoms with Crippen molar-refractivity contribution in [3.63, 3.8) is 0 Å². The third-order valence-corrected chi connectivity index (χ3v) is 2.09. The first-order valence-corrected chi connectivity index (χ1v) is 4.73. The number of hydrogen-bond acceptors (Lipinski definition) is 1. The van der Waals surface area contributed by atoms with Gasteiger partial charge in [0.1, 0.15) is 5.82 Å². The summed E-state index contributed by atoms with van der Waals surface area (Å²) in [6.45, 7) is 0. The minimum Gasteiger partial charge on any atom is -0.345 e. The van der Waals surface area contributed by atoms with Gasteiger partial charge >= 0.3 is 0 Å². The topological polar surface area (TPSA) is 20.3 Å². The van der Waals surface area contributed by atoms with E-state index < -0.39 is 5.82 Å². The monoisotopic (exact) mass is 227 g/mol. The highest BCUT2D eigenvalue weighted by Crippen LogP contribution is 2.16. The van der Waals surface area contributed by atoms with Gasteiger partial charge in [0, 0.05) is 20.2 Å². The van der Waals surface area contributed by atoms with Gasteiger partial charge in [0.15, 0.2) is 0 Å². The molecule has 0 bridgehead atoms. The Bertz CT molecular complexity index is 402. The number of amides is 1. The summed E-state index contributed by atoms with van der Waals surface area (Å²) in [5.74, 6) is -0.594. The van der Waals surface area contributed by atoms with E-state index in [1.54, 1.807) is 26.2 Å². The van der Waals surface area contributed by atoms with Crippen LogP contribution in [0.1, 0.15) is 5.56 Å². The lowest BCUT2D eigenvalue weighted by atomic mass is 10.2. The van der Waals surface area contributed by atoms with Crippen LogP contribution in [0.3, 0.4) is 0 Å². The van der Waals surface area contributed by atoms with Crippen molar-refractivity contribution in [3.8, 4) is 0 Å². The molecule has 2 nitrogen and oxygen atoms in total. The van der Waals surface area contributed by atoms with E-state index in [-0.39, 0.29) is 10.9 Å². The van der Waals surface area contributed by atoms with Crippen LogP contribution >= 0.6 is 11.6 Å². The number of halogens is 2. The second-order valence-corrected chi connectivity index (χ2v) is 3.65. The molecule has 0 N–H and O–H groups in total.